The van der Waals surface area contributed by atoms with Crippen LogP contribution in [0.3, 0.4) is 0 Å². The molecule has 0 unspecified atom stereocenters. The smallest absolute Gasteiger partial charge is 0.264 e. The second-order valence-corrected chi connectivity index (χ2v) is 5.18. The molecule has 0 saturated carbocycles. The molecule has 0 spiro atoms. The van der Waals surface area contributed by atoms with Crippen LogP contribution in [0.4, 0.5) is 4.39 Å². The molecule has 14 heavy (non-hydrogen) atoms. The van der Waals surface area contributed by atoms with Gasteiger partial charge in [0.1, 0.15) is 5.82 Å². The summed E-state index contributed by atoms with van der Waals surface area (Å²) in [5, 5.41) is 0. The van der Waals surface area contributed by atoms with Crippen molar-refractivity contribution in [1.29, 1.82) is 0 Å². The quantitative estimate of drug-likeness (QED) is 0.797. The van der Waals surface area contributed by atoms with Gasteiger partial charge in [0.15, 0.2) is 0 Å². The van der Waals surface area contributed by atoms with Gasteiger partial charge in [0.2, 0.25) is 0 Å². The zero-order chi connectivity index (χ0) is 10.8. The van der Waals surface area contributed by atoms with Crippen molar-refractivity contribution in [2.24, 2.45) is 0 Å². The summed E-state index contributed by atoms with van der Waals surface area (Å²) in [4.78, 5) is 0. The summed E-state index contributed by atoms with van der Waals surface area (Å²) >= 11 is 2.99. The molecule has 0 N–H and O–H groups in total. The first-order chi connectivity index (χ1) is 6.40. The Morgan fingerprint density at radius 3 is 2.71 bits per heavy atom. The highest BCUT2D eigenvalue weighted by Crippen LogP contribution is 2.19. The van der Waals surface area contributed by atoms with Gasteiger partial charge >= 0.3 is 0 Å². The van der Waals surface area contributed by atoms with Crippen LogP contribution >= 0.6 is 15.9 Å². The lowest BCUT2D eigenvalue weighted by molar-refractivity contribution is 0.305. The summed E-state index contributed by atoms with van der Waals surface area (Å²) in [7, 11) is -3.53. The molecular formula is C8H8BrFO3S. The fraction of sp³-hybridized carbons (Fsp3) is 0.250. The fourth-order valence-electron chi connectivity index (χ4n) is 0.830. The van der Waals surface area contributed by atoms with Crippen LogP contribution in [0, 0.1) is 5.82 Å². The molecule has 3 nitrogen and oxygen atoms in total. The van der Waals surface area contributed by atoms with Gasteiger partial charge in [-0.3, -0.25) is 4.18 Å². The van der Waals surface area contributed by atoms with Gasteiger partial charge in [-0.2, -0.15) is 8.42 Å². The minimum Gasteiger partial charge on any atom is -0.265 e. The summed E-state index contributed by atoms with van der Waals surface area (Å²) in [5.74, 6) is -0.504. The van der Waals surface area contributed by atoms with E-state index in [0.717, 1.165) is 6.26 Å². The summed E-state index contributed by atoms with van der Waals surface area (Å²) in [6, 6.07) is 4.60. The van der Waals surface area contributed by atoms with Crippen LogP contribution in [0.15, 0.2) is 22.7 Å². The highest BCUT2D eigenvalue weighted by atomic mass is 79.9. The van der Waals surface area contributed by atoms with Crippen molar-refractivity contribution >= 4 is 26.0 Å². The topological polar surface area (TPSA) is 43.4 Å². The SMILES string of the molecule is CS(=O)(=O)OCc1cccc(Br)c1F. The first-order valence-electron chi connectivity index (χ1n) is 3.67. The van der Waals surface area contributed by atoms with Gasteiger partial charge < -0.3 is 0 Å². The van der Waals surface area contributed by atoms with E-state index in [0.29, 0.717) is 0 Å². The van der Waals surface area contributed by atoms with Crippen LogP contribution in [0.5, 0.6) is 0 Å². The predicted octanol–water partition coefficient (Wildman–Crippen LogP) is 2.06. The van der Waals surface area contributed by atoms with E-state index in [-0.39, 0.29) is 16.6 Å². The molecule has 0 heterocycles. The van der Waals surface area contributed by atoms with E-state index < -0.39 is 15.9 Å². The molecule has 0 radical (unpaired) electrons. The standard InChI is InChI=1S/C8H8BrFO3S/c1-14(11,12)13-5-6-3-2-4-7(9)8(6)10/h2-4H,5H2,1H3. The molecule has 0 aliphatic heterocycles. The van der Waals surface area contributed by atoms with Crippen molar-refractivity contribution < 1.29 is 17.0 Å². The van der Waals surface area contributed by atoms with Gasteiger partial charge in [0, 0.05) is 5.56 Å². The maximum Gasteiger partial charge on any atom is 0.264 e. The summed E-state index contributed by atoms with van der Waals surface area (Å²) < 4.78 is 39.3. The van der Waals surface area contributed by atoms with Crippen molar-refractivity contribution in [1.82, 2.24) is 0 Å². The third kappa shape index (κ3) is 3.36. The van der Waals surface area contributed by atoms with E-state index in [9.17, 15) is 12.8 Å². The zero-order valence-corrected chi connectivity index (χ0v) is 9.73. The third-order valence-corrected chi connectivity index (χ3v) is 2.62. The van der Waals surface area contributed by atoms with Crippen molar-refractivity contribution in [2.75, 3.05) is 6.26 Å². The van der Waals surface area contributed by atoms with Crippen molar-refractivity contribution in [3.63, 3.8) is 0 Å². The lowest BCUT2D eigenvalue weighted by Crippen LogP contribution is -2.04. The second-order valence-electron chi connectivity index (χ2n) is 2.68. The first kappa shape index (κ1) is 11.6. The maximum atomic E-state index is 13.3. The fourth-order valence-corrected chi connectivity index (χ4v) is 1.58. The lowest BCUT2D eigenvalue weighted by Gasteiger charge is -2.03. The van der Waals surface area contributed by atoms with Crippen molar-refractivity contribution in [2.45, 2.75) is 6.61 Å². The van der Waals surface area contributed by atoms with E-state index in [1.807, 2.05) is 0 Å². The minimum atomic E-state index is -3.53. The minimum absolute atomic E-state index is 0.199. The van der Waals surface area contributed by atoms with Crippen LogP contribution in [0.25, 0.3) is 0 Å². The number of hydrogen-bond donors (Lipinski definition) is 0. The highest BCUT2D eigenvalue weighted by Gasteiger charge is 2.08. The molecule has 0 aromatic heterocycles. The monoisotopic (exact) mass is 282 g/mol. The molecule has 1 aromatic carbocycles. The third-order valence-electron chi connectivity index (χ3n) is 1.46. The van der Waals surface area contributed by atoms with Crippen molar-refractivity contribution in [3.8, 4) is 0 Å². The zero-order valence-electron chi connectivity index (χ0n) is 7.33. The Labute approximate surface area is 90.1 Å². The van der Waals surface area contributed by atoms with Gasteiger partial charge in [-0.1, -0.05) is 12.1 Å². The molecule has 78 valence electrons. The Bertz CT molecular complexity index is 430. The number of hydrogen-bond acceptors (Lipinski definition) is 3. The first-order valence-corrected chi connectivity index (χ1v) is 6.28. The van der Waals surface area contributed by atoms with Crippen LogP contribution in [0.1, 0.15) is 5.56 Å². The van der Waals surface area contributed by atoms with E-state index in [2.05, 4.69) is 20.1 Å². The Balaban J connectivity index is 2.83. The van der Waals surface area contributed by atoms with E-state index in [4.69, 9.17) is 0 Å². The summed E-state index contributed by atoms with van der Waals surface area (Å²) in [5.41, 5.74) is 0.199. The summed E-state index contributed by atoms with van der Waals surface area (Å²) in [6.45, 7) is -0.288. The van der Waals surface area contributed by atoms with Crippen LogP contribution in [0.2, 0.25) is 0 Å². The Kier molecular flexibility index (Phi) is 3.63. The summed E-state index contributed by atoms with van der Waals surface area (Å²) in [6.07, 6.45) is 0.920. The van der Waals surface area contributed by atoms with Gasteiger partial charge in [0.05, 0.1) is 17.3 Å². The highest BCUT2D eigenvalue weighted by molar-refractivity contribution is 9.10. The van der Waals surface area contributed by atoms with Gasteiger partial charge in [-0.05, 0) is 22.0 Å². The number of benzene rings is 1. The molecule has 0 amide bonds. The Morgan fingerprint density at radius 2 is 2.14 bits per heavy atom. The predicted molar refractivity (Wildman–Crippen MR) is 53.7 cm³/mol. The maximum absolute atomic E-state index is 13.3. The molecule has 0 fully saturated rings. The molecule has 1 aromatic rings. The second kappa shape index (κ2) is 4.37. The Hall–Kier alpha value is -0.460. The average Bonchev–Trinajstić information content (AvgIpc) is 2.06. The van der Waals surface area contributed by atoms with Gasteiger partial charge in [0.25, 0.3) is 10.1 Å². The van der Waals surface area contributed by atoms with Crippen LogP contribution < -0.4 is 0 Å². The Morgan fingerprint density at radius 1 is 1.50 bits per heavy atom. The van der Waals surface area contributed by atoms with E-state index in [1.54, 1.807) is 6.07 Å². The normalized spacial score (nSPS) is 11.6. The molecule has 0 atom stereocenters. The van der Waals surface area contributed by atoms with Crippen LogP contribution in [-0.4, -0.2) is 14.7 Å². The lowest BCUT2D eigenvalue weighted by atomic mass is 10.2. The molecule has 0 aliphatic rings. The van der Waals surface area contributed by atoms with E-state index in [1.165, 1.54) is 12.1 Å². The molecule has 1 rings (SSSR count). The molecular weight excluding hydrogens is 275 g/mol. The van der Waals surface area contributed by atoms with Crippen molar-refractivity contribution in [3.05, 3.63) is 34.1 Å². The molecule has 0 bridgehead atoms. The van der Waals surface area contributed by atoms with Gasteiger partial charge in [-0.15, -0.1) is 0 Å². The van der Waals surface area contributed by atoms with E-state index >= 15 is 0 Å². The van der Waals surface area contributed by atoms with Crippen LogP contribution in [-0.2, 0) is 20.9 Å². The average molecular weight is 283 g/mol. The number of halogens is 2. The number of rotatable bonds is 3. The molecule has 0 aliphatic carbocycles. The largest absolute Gasteiger partial charge is 0.265 e. The molecule has 0 saturated heterocycles. The van der Waals surface area contributed by atoms with Gasteiger partial charge in [-0.25, -0.2) is 4.39 Å². The molecule has 6 heteroatoms.